The van der Waals surface area contributed by atoms with E-state index in [1.165, 1.54) is 173 Å². The second-order valence-corrected chi connectivity index (χ2v) is 26.7. The lowest BCUT2D eigenvalue weighted by Gasteiger charge is -2.24. The standard InChI is InChI=1S/C78H136NO8P/c1-6-8-10-12-14-16-18-20-22-24-26-28-30-32-34-35-36-37-38-39-40-41-42-43-45-47-49-51-53-55-57-59-61-63-65-67-69-71-78(81)87-76(75-86-88(82,83)85-73-72-79(3,4)5)74-84-77(80)70-68-66-64-62-60-58-56-54-52-50-48-46-44-33-31-29-27-25-23-21-19-17-15-13-11-9-7-2/h8,10,14,16,20,22,25-28,32,34,36-37,39-40,42-43,47,49,76H,6-7,9,11-13,15,17-19,21,23-24,29-31,33,35,38,41,44-46,48,50-75H2,1-5H3/p+1/b10-8-,16-14-,22-20-,27-25-,28-26-,34-32-,37-36-,40-39-,43-42-,49-47-. The molecule has 88 heavy (non-hydrogen) atoms. The Morgan fingerprint density at radius 2 is 0.648 bits per heavy atom. The van der Waals surface area contributed by atoms with Gasteiger partial charge in [-0.3, -0.25) is 18.6 Å². The maximum atomic E-state index is 12.9. The molecular formula is C78H137NO8P+. The summed E-state index contributed by atoms with van der Waals surface area (Å²) >= 11 is 0. The van der Waals surface area contributed by atoms with E-state index in [4.69, 9.17) is 18.5 Å². The molecule has 0 aliphatic heterocycles. The molecule has 0 radical (unpaired) electrons. The van der Waals surface area contributed by atoms with Gasteiger partial charge in [-0.25, -0.2) is 4.57 Å². The molecule has 2 unspecified atom stereocenters. The summed E-state index contributed by atoms with van der Waals surface area (Å²) in [6.07, 6.45) is 97.3. The Bertz CT molecular complexity index is 1900. The van der Waals surface area contributed by atoms with Crippen molar-refractivity contribution in [1.29, 1.82) is 0 Å². The largest absolute Gasteiger partial charge is 0.472 e. The Morgan fingerprint density at radius 3 is 0.977 bits per heavy atom. The first-order chi connectivity index (χ1) is 43.0. The molecule has 0 fully saturated rings. The van der Waals surface area contributed by atoms with Crippen molar-refractivity contribution in [2.24, 2.45) is 0 Å². The molecule has 0 bridgehead atoms. The number of nitrogens with zero attached hydrogens (tertiary/aromatic N) is 1. The average Bonchev–Trinajstić information content (AvgIpc) is 3.68. The number of phosphoric acid groups is 1. The van der Waals surface area contributed by atoms with Crippen molar-refractivity contribution in [3.63, 3.8) is 0 Å². The number of esters is 2. The molecule has 0 saturated carbocycles. The smallest absolute Gasteiger partial charge is 0.462 e. The van der Waals surface area contributed by atoms with E-state index in [9.17, 15) is 19.0 Å². The number of unbranched alkanes of at least 4 members (excludes halogenated alkanes) is 32. The van der Waals surface area contributed by atoms with E-state index < -0.39 is 26.5 Å². The molecule has 0 aliphatic carbocycles. The maximum Gasteiger partial charge on any atom is 0.472 e. The van der Waals surface area contributed by atoms with E-state index in [1.807, 2.05) is 21.1 Å². The lowest BCUT2D eigenvalue weighted by Crippen LogP contribution is -2.37. The third kappa shape index (κ3) is 71.5. The lowest BCUT2D eigenvalue weighted by molar-refractivity contribution is -0.870. The van der Waals surface area contributed by atoms with Crippen molar-refractivity contribution in [3.8, 4) is 0 Å². The van der Waals surface area contributed by atoms with Gasteiger partial charge in [-0.2, -0.15) is 0 Å². The minimum absolute atomic E-state index is 0.0262. The Hall–Kier alpha value is -3.59. The van der Waals surface area contributed by atoms with Crippen molar-refractivity contribution >= 4 is 19.8 Å². The predicted octanol–water partition coefficient (Wildman–Crippen LogP) is 23.8. The molecule has 0 amide bonds. The zero-order valence-corrected chi connectivity index (χ0v) is 58.6. The summed E-state index contributed by atoms with van der Waals surface area (Å²) in [5, 5.41) is 0. The molecule has 0 saturated heterocycles. The summed E-state index contributed by atoms with van der Waals surface area (Å²) in [6.45, 7) is 4.34. The number of hydrogen-bond donors (Lipinski definition) is 1. The number of likely N-dealkylation sites (N-methyl/N-ethyl adjacent to an activating group) is 1. The fourth-order valence-electron chi connectivity index (χ4n) is 9.95. The number of phosphoric ester groups is 1. The van der Waals surface area contributed by atoms with Crippen molar-refractivity contribution in [3.05, 3.63) is 122 Å². The van der Waals surface area contributed by atoms with E-state index in [-0.39, 0.29) is 32.0 Å². The molecular weight excluding hydrogens is 1110 g/mol. The van der Waals surface area contributed by atoms with Gasteiger partial charge < -0.3 is 18.9 Å². The number of ether oxygens (including phenoxy) is 2. The minimum Gasteiger partial charge on any atom is -0.462 e. The fourth-order valence-corrected chi connectivity index (χ4v) is 10.7. The van der Waals surface area contributed by atoms with Gasteiger partial charge in [-0.15, -0.1) is 0 Å². The Labute approximate surface area is 543 Å². The highest BCUT2D eigenvalue weighted by Crippen LogP contribution is 2.43. The first-order valence-electron chi connectivity index (χ1n) is 36.3. The van der Waals surface area contributed by atoms with Crippen LogP contribution in [0.1, 0.15) is 309 Å². The zero-order valence-electron chi connectivity index (χ0n) is 57.7. The molecule has 0 aromatic carbocycles. The predicted molar refractivity (Wildman–Crippen MR) is 381 cm³/mol. The van der Waals surface area contributed by atoms with Crippen LogP contribution >= 0.6 is 7.82 Å². The van der Waals surface area contributed by atoms with E-state index >= 15 is 0 Å². The molecule has 0 aromatic heterocycles. The Balaban J connectivity index is 4.08. The molecule has 506 valence electrons. The number of rotatable bonds is 66. The van der Waals surface area contributed by atoms with Gasteiger partial charge in [-0.1, -0.05) is 309 Å². The van der Waals surface area contributed by atoms with Crippen molar-refractivity contribution < 1.29 is 42.1 Å². The van der Waals surface area contributed by atoms with Crippen molar-refractivity contribution in [2.45, 2.75) is 315 Å². The summed E-state index contributed by atoms with van der Waals surface area (Å²) in [6, 6.07) is 0. The molecule has 0 spiro atoms. The van der Waals surface area contributed by atoms with Gasteiger partial charge in [0.2, 0.25) is 0 Å². The van der Waals surface area contributed by atoms with Crippen LogP contribution in [0.5, 0.6) is 0 Å². The van der Waals surface area contributed by atoms with Gasteiger partial charge in [0.15, 0.2) is 6.10 Å². The fraction of sp³-hybridized carbons (Fsp3) is 0.718. The molecule has 0 heterocycles. The molecule has 2 atom stereocenters. The van der Waals surface area contributed by atoms with Crippen molar-refractivity contribution in [1.82, 2.24) is 0 Å². The first-order valence-corrected chi connectivity index (χ1v) is 37.8. The molecule has 0 rings (SSSR count). The highest BCUT2D eigenvalue weighted by Gasteiger charge is 2.27. The topological polar surface area (TPSA) is 108 Å². The quantitative estimate of drug-likeness (QED) is 0.0211. The van der Waals surface area contributed by atoms with Crippen LogP contribution in [0.25, 0.3) is 0 Å². The van der Waals surface area contributed by atoms with Gasteiger partial charge in [0.1, 0.15) is 19.8 Å². The van der Waals surface area contributed by atoms with Crippen LogP contribution in [0, 0.1) is 0 Å². The number of carbonyl (C=O) groups is 2. The number of hydrogen-bond acceptors (Lipinski definition) is 7. The highest BCUT2D eigenvalue weighted by molar-refractivity contribution is 7.47. The first kappa shape index (κ1) is 84.4. The van der Waals surface area contributed by atoms with Crippen LogP contribution in [0.3, 0.4) is 0 Å². The van der Waals surface area contributed by atoms with Gasteiger partial charge in [-0.05, 0) is 109 Å². The molecule has 9 nitrogen and oxygen atoms in total. The molecule has 0 aliphatic rings. The number of allylic oxidation sites excluding steroid dienone is 20. The second-order valence-electron chi connectivity index (χ2n) is 25.2. The molecule has 1 N–H and O–H groups in total. The van der Waals surface area contributed by atoms with Crippen molar-refractivity contribution in [2.75, 3.05) is 47.5 Å². The van der Waals surface area contributed by atoms with Crippen LogP contribution in [-0.4, -0.2) is 74.9 Å². The summed E-state index contributed by atoms with van der Waals surface area (Å²) in [5.74, 6) is -0.800. The minimum atomic E-state index is -4.40. The maximum absolute atomic E-state index is 12.9. The summed E-state index contributed by atoms with van der Waals surface area (Å²) < 4.78 is 34.7. The number of carbonyl (C=O) groups excluding carboxylic acids is 2. The van der Waals surface area contributed by atoms with Crippen LogP contribution in [0.2, 0.25) is 0 Å². The van der Waals surface area contributed by atoms with Gasteiger partial charge in [0, 0.05) is 12.8 Å². The lowest BCUT2D eigenvalue weighted by atomic mass is 10.0. The Kier molecular flexibility index (Phi) is 65.0. The third-order valence-electron chi connectivity index (χ3n) is 15.5. The zero-order chi connectivity index (χ0) is 64.1. The SMILES string of the molecule is CC/C=C\C/C=C\C/C=C\C/C=C\C/C=C\C/C=C\C/C=C\C/C=C\C/C=C\CCCCCCCCCCCC(=O)OC(COC(=O)CCCCCCCCCCCCCCCCC/C=C\CCCCCCCCCC)COP(=O)(O)OCC[N+](C)(C)C. The van der Waals surface area contributed by atoms with E-state index in [0.29, 0.717) is 17.4 Å². The molecule has 0 aromatic rings. The summed E-state index contributed by atoms with van der Waals surface area (Å²) in [5.41, 5.74) is 0. The number of quaternary nitrogens is 1. The Morgan fingerprint density at radius 1 is 0.364 bits per heavy atom. The summed E-state index contributed by atoms with van der Waals surface area (Å²) in [7, 11) is 1.47. The van der Waals surface area contributed by atoms with Gasteiger partial charge in [0.25, 0.3) is 0 Å². The van der Waals surface area contributed by atoms with E-state index in [2.05, 4.69) is 135 Å². The monoisotopic (exact) mass is 1250 g/mol. The van der Waals surface area contributed by atoms with Gasteiger partial charge >= 0.3 is 19.8 Å². The van der Waals surface area contributed by atoms with E-state index in [0.717, 1.165) is 103 Å². The second kappa shape index (κ2) is 67.8. The van der Waals surface area contributed by atoms with E-state index in [1.54, 1.807) is 0 Å². The van der Waals surface area contributed by atoms with Crippen LogP contribution in [-0.2, 0) is 32.7 Å². The average molecular weight is 1250 g/mol. The van der Waals surface area contributed by atoms with Crippen LogP contribution < -0.4 is 0 Å². The van der Waals surface area contributed by atoms with Gasteiger partial charge in [0.05, 0.1) is 27.7 Å². The molecule has 10 heteroatoms. The van der Waals surface area contributed by atoms with Crippen LogP contribution in [0.4, 0.5) is 0 Å². The third-order valence-corrected chi connectivity index (χ3v) is 16.5. The summed E-state index contributed by atoms with van der Waals surface area (Å²) in [4.78, 5) is 35.9. The highest BCUT2D eigenvalue weighted by atomic mass is 31.2. The normalized spacial score (nSPS) is 13.8. The van der Waals surface area contributed by atoms with Crippen LogP contribution in [0.15, 0.2) is 122 Å².